The minimum atomic E-state index is -0.529. The van der Waals surface area contributed by atoms with Gasteiger partial charge in [-0.2, -0.15) is 5.10 Å². The number of nitrogens with zero attached hydrogens (tertiary/aromatic N) is 3. The molecule has 0 aliphatic carbocycles. The molecule has 0 spiro atoms. The van der Waals surface area contributed by atoms with Gasteiger partial charge in [0.2, 0.25) is 11.8 Å². The molecule has 174 valence electrons. The summed E-state index contributed by atoms with van der Waals surface area (Å²) in [6.45, 7) is 1.98. The number of halogens is 1. The van der Waals surface area contributed by atoms with Crippen LogP contribution in [0, 0.1) is 24.7 Å². The van der Waals surface area contributed by atoms with Crippen LogP contribution in [0.5, 0.6) is 0 Å². The van der Waals surface area contributed by atoms with Gasteiger partial charge < -0.3 is 4.74 Å². The van der Waals surface area contributed by atoms with Crippen LogP contribution < -0.4 is 9.91 Å². The number of amides is 2. The summed E-state index contributed by atoms with van der Waals surface area (Å²) in [5, 5.41) is 7.60. The third kappa shape index (κ3) is 2.84. The van der Waals surface area contributed by atoms with Crippen molar-refractivity contribution in [2.24, 2.45) is 22.9 Å². The quantitative estimate of drug-likeness (QED) is 0.516. The number of hydrazone groups is 1. The van der Waals surface area contributed by atoms with E-state index >= 15 is 0 Å². The van der Waals surface area contributed by atoms with E-state index in [0.717, 1.165) is 22.5 Å². The average Bonchev–Trinajstić information content (AvgIpc) is 3.60. The molecule has 4 aliphatic heterocycles. The fraction of sp³-hybridized carbons (Fsp3) is 0.250. The number of benzene rings is 3. The highest BCUT2D eigenvalue weighted by molar-refractivity contribution is 6.34. The number of hydrogen-bond donors (Lipinski definition) is 0. The normalized spacial score (nSPS) is 30.6. The molecule has 7 rings (SSSR count). The van der Waals surface area contributed by atoms with Crippen molar-refractivity contribution in [3.8, 4) is 0 Å². The lowest BCUT2D eigenvalue weighted by Gasteiger charge is -2.32. The lowest BCUT2D eigenvalue weighted by Crippen LogP contribution is -2.50. The Kier molecular flexibility index (Phi) is 4.47. The monoisotopic (exact) mass is 483 g/mol. The molecule has 0 unspecified atom stereocenters. The molecule has 0 saturated carbocycles. The molecule has 35 heavy (non-hydrogen) atoms. The Balaban J connectivity index is 1.33. The Morgan fingerprint density at radius 1 is 0.771 bits per heavy atom. The Hall–Kier alpha value is -3.48. The van der Waals surface area contributed by atoms with E-state index in [1.54, 1.807) is 0 Å². The summed E-state index contributed by atoms with van der Waals surface area (Å²) in [5.41, 5.74) is 4.26. The Labute approximate surface area is 207 Å². The topological polar surface area (TPSA) is 62.2 Å². The number of rotatable bonds is 3. The zero-order chi connectivity index (χ0) is 23.8. The van der Waals surface area contributed by atoms with Gasteiger partial charge in [-0.3, -0.25) is 14.6 Å². The molecule has 2 amide bonds. The Morgan fingerprint density at radius 3 is 2.14 bits per heavy atom. The van der Waals surface area contributed by atoms with Crippen LogP contribution >= 0.6 is 11.6 Å². The fourth-order valence-corrected chi connectivity index (χ4v) is 6.51. The third-order valence-corrected chi connectivity index (χ3v) is 8.08. The first-order valence-electron chi connectivity index (χ1n) is 11.8. The molecular formula is C28H22ClN3O3. The van der Waals surface area contributed by atoms with E-state index in [0.29, 0.717) is 10.7 Å². The second-order valence-corrected chi connectivity index (χ2v) is 10.0. The first-order chi connectivity index (χ1) is 17.0. The van der Waals surface area contributed by atoms with E-state index < -0.39 is 24.0 Å². The van der Waals surface area contributed by atoms with E-state index in [2.05, 4.69) is 0 Å². The van der Waals surface area contributed by atoms with Crippen LogP contribution in [0.3, 0.4) is 0 Å². The van der Waals surface area contributed by atoms with E-state index in [9.17, 15) is 9.59 Å². The molecule has 3 fully saturated rings. The minimum Gasteiger partial charge on any atom is -0.370 e. The molecule has 6 atom stereocenters. The van der Waals surface area contributed by atoms with Crippen LogP contribution in [-0.4, -0.2) is 35.8 Å². The number of para-hydroxylation sites is 1. The van der Waals surface area contributed by atoms with Gasteiger partial charge in [-0.05, 0) is 37.3 Å². The highest BCUT2D eigenvalue weighted by Crippen LogP contribution is 2.56. The highest BCUT2D eigenvalue weighted by Gasteiger charge is 2.72. The number of carbonyl (C=O) groups is 2. The summed E-state index contributed by atoms with van der Waals surface area (Å²) >= 11 is 6.60. The van der Waals surface area contributed by atoms with Gasteiger partial charge in [0.1, 0.15) is 0 Å². The predicted octanol–water partition coefficient (Wildman–Crippen LogP) is 4.44. The predicted molar refractivity (Wildman–Crippen MR) is 134 cm³/mol. The van der Waals surface area contributed by atoms with Crippen LogP contribution in [-0.2, 0) is 14.3 Å². The molecule has 3 saturated heterocycles. The Morgan fingerprint density at radius 2 is 1.43 bits per heavy atom. The van der Waals surface area contributed by atoms with Crippen molar-refractivity contribution in [3.63, 3.8) is 0 Å². The van der Waals surface area contributed by atoms with Gasteiger partial charge in [-0.1, -0.05) is 65.7 Å². The van der Waals surface area contributed by atoms with Crippen molar-refractivity contribution in [2.75, 3.05) is 9.91 Å². The zero-order valence-electron chi connectivity index (χ0n) is 18.9. The van der Waals surface area contributed by atoms with E-state index in [4.69, 9.17) is 21.4 Å². The smallest absolute Gasteiger partial charge is 0.240 e. The fourth-order valence-electron chi connectivity index (χ4n) is 6.27. The van der Waals surface area contributed by atoms with Crippen molar-refractivity contribution in [2.45, 2.75) is 25.2 Å². The van der Waals surface area contributed by atoms with Crippen molar-refractivity contribution < 1.29 is 14.3 Å². The van der Waals surface area contributed by atoms with Crippen molar-refractivity contribution in [1.29, 1.82) is 0 Å². The van der Waals surface area contributed by atoms with E-state index in [1.165, 1.54) is 4.90 Å². The summed E-state index contributed by atoms with van der Waals surface area (Å²) in [6, 6.07) is 24.8. The summed E-state index contributed by atoms with van der Waals surface area (Å²) in [4.78, 5) is 28.7. The molecule has 6 nitrogen and oxygen atoms in total. The van der Waals surface area contributed by atoms with Crippen LogP contribution in [0.25, 0.3) is 0 Å². The van der Waals surface area contributed by atoms with Crippen LogP contribution in [0.2, 0.25) is 5.02 Å². The molecule has 0 N–H and O–H groups in total. The highest BCUT2D eigenvalue weighted by atomic mass is 35.5. The van der Waals surface area contributed by atoms with Gasteiger partial charge in [-0.25, -0.2) is 4.90 Å². The lowest BCUT2D eigenvalue weighted by molar-refractivity contribution is -0.125. The number of aryl methyl sites for hydroxylation is 1. The van der Waals surface area contributed by atoms with Crippen LogP contribution in [0.15, 0.2) is 84.0 Å². The van der Waals surface area contributed by atoms with Gasteiger partial charge in [0, 0.05) is 10.6 Å². The summed E-state index contributed by atoms with van der Waals surface area (Å²) in [7, 11) is 0. The van der Waals surface area contributed by atoms with E-state index in [1.807, 2.05) is 90.8 Å². The van der Waals surface area contributed by atoms with Crippen molar-refractivity contribution in [1.82, 2.24) is 0 Å². The van der Waals surface area contributed by atoms with Gasteiger partial charge in [0.05, 0.1) is 53.1 Å². The van der Waals surface area contributed by atoms with Gasteiger partial charge >= 0.3 is 0 Å². The molecule has 7 heteroatoms. The number of anilines is 2. The maximum atomic E-state index is 13.7. The third-order valence-electron chi connectivity index (χ3n) is 7.75. The molecular weight excluding hydrogens is 462 g/mol. The van der Waals surface area contributed by atoms with Gasteiger partial charge in [0.15, 0.2) is 0 Å². The summed E-state index contributed by atoms with van der Waals surface area (Å²) < 4.78 is 6.46. The SMILES string of the molecule is Cc1ccc(N2C(=O)[C@@H]3[C@H]4O[C@@H]([C@@H]3C2=O)[C@H]2[C@@H]4C(c3ccccc3Cl)=NN2c2ccccc2)cc1. The van der Waals surface area contributed by atoms with Crippen LogP contribution in [0.1, 0.15) is 11.1 Å². The number of imide groups is 1. The van der Waals surface area contributed by atoms with Gasteiger partial charge in [-0.15, -0.1) is 0 Å². The molecule has 4 aliphatic rings. The molecule has 2 bridgehead atoms. The second-order valence-electron chi connectivity index (χ2n) is 9.63. The maximum absolute atomic E-state index is 13.7. The van der Waals surface area contributed by atoms with Crippen molar-refractivity contribution >= 4 is 40.5 Å². The number of carbonyl (C=O) groups excluding carboxylic acids is 2. The number of hydrogen-bond acceptors (Lipinski definition) is 5. The largest absolute Gasteiger partial charge is 0.370 e. The molecule has 0 aromatic heterocycles. The van der Waals surface area contributed by atoms with Crippen molar-refractivity contribution in [3.05, 3.63) is 95.0 Å². The zero-order valence-corrected chi connectivity index (χ0v) is 19.7. The second kappa shape index (κ2) is 7.51. The first-order valence-corrected chi connectivity index (χ1v) is 12.2. The molecule has 4 heterocycles. The molecule has 0 radical (unpaired) electrons. The van der Waals surface area contributed by atoms with Gasteiger partial charge in [0.25, 0.3) is 0 Å². The standard InChI is InChI=1S/C28H22ClN3O3/c1-15-11-13-16(14-12-15)31-27(33)20-21(28(31)34)26-24-22(25(20)35-26)23(18-9-5-6-10-19(18)29)30-32(24)17-7-3-2-4-8-17/h2-14,20-22,24-26H,1H3/t20-,21+,22-,24+,25+,26-/m0/s1. The van der Waals surface area contributed by atoms with Crippen LogP contribution in [0.4, 0.5) is 11.4 Å². The number of fused-ring (bicyclic) bond motifs is 8. The first kappa shape index (κ1) is 20.9. The minimum absolute atomic E-state index is 0.170. The Bertz CT molecular complexity index is 1390. The summed E-state index contributed by atoms with van der Waals surface area (Å²) in [6.07, 6.45) is -0.878. The lowest BCUT2D eigenvalue weighted by atomic mass is 9.70. The maximum Gasteiger partial charge on any atom is 0.240 e. The number of ether oxygens (including phenoxy) is 1. The molecule has 3 aromatic carbocycles. The summed E-state index contributed by atoms with van der Waals surface area (Å²) in [5.74, 6) is -1.60. The van der Waals surface area contributed by atoms with E-state index in [-0.39, 0.29) is 23.8 Å². The molecule has 3 aromatic rings. The average molecular weight is 484 g/mol.